The van der Waals surface area contributed by atoms with Crippen molar-refractivity contribution in [1.82, 2.24) is 15.1 Å². The van der Waals surface area contributed by atoms with E-state index in [4.69, 9.17) is 4.74 Å². The van der Waals surface area contributed by atoms with Crippen molar-refractivity contribution >= 4 is 15.7 Å². The average molecular weight is 375 g/mol. The van der Waals surface area contributed by atoms with E-state index in [-0.39, 0.29) is 29.1 Å². The van der Waals surface area contributed by atoms with Gasteiger partial charge in [-0.25, -0.2) is 8.42 Å². The summed E-state index contributed by atoms with van der Waals surface area (Å²) in [5.74, 6) is 0.167. The van der Waals surface area contributed by atoms with Gasteiger partial charge in [0.2, 0.25) is 11.8 Å². The van der Waals surface area contributed by atoms with E-state index in [0.717, 1.165) is 0 Å². The molecule has 26 heavy (non-hydrogen) atoms. The van der Waals surface area contributed by atoms with E-state index < -0.39 is 9.84 Å². The Morgan fingerprint density at radius 1 is 1.12 bits per heavy atom. The van der Waals surface area contributed by atoms with Crippen LogP contribution in [0.1, 0.15) is 19.3 Å². The number of piperidine rings is 1. The second-order valence-electron chi connectivity index (χ2n) is 6.14. The van der Waals surface area contributed by atoms with Crippen molar-refractivity contribution in [2.45, 2.75) is 30.3 Å². The van der Waals surface area contributed by atoms with Crippen LogP contribution in [0.2, 0.25) is 0 Å². The molecule has 0 radical (unpaired) electrons. The molecule has 0 atom stereocenters. The summed E-state index contributed by atoms with van der Waals surface area (Å²) in [5.41, 5.74) is 0. The Kier molecular flexibility index (Phi) is 5.82. The number of hydrogen-bond donors (Lipinski definition) is 0. The quantitative estimate of drug-likeness (QED) is 0.764. The minimum Gasteiger partial charge on any atom is -0.473 e. The summed E-state index contributed by atoms with van der Waals surface area (Å²) in [4.78, 5) is 14.3. The summed E-state index contributed by atoms with van der Waals surface area (Å²) in [5, 5.41) is 7.66. The standard InChI is InChI=1S/C18H21N3O4S/c22-18(10-14-26(23,24)16-5-2-1-3-6-16)21-12-8-15(9-13-21)25-17-7-4-11-19-20-17/h1-7,11,15H,8-10,12-14H2. The van der Waals surface area contributed by atoms with Gasteiger partial charge in [-0.15, -0.1) is 5.10 Å². The number of ether oxygens (including phenoxy) is 1. The smallest absolute Gasteiger partial charge is 0.233 e. The van der Waals surface area contributed by atoms with E-state index in [1.54, 1.807) is 53.6 Å². The van der Waals surface area contributed by atoms with Gasteiger partial charge in [0.15, 0.2) is 9.84 Å². The van der Waals surface area contributed by atoms with Crippen molar-refractivity contribution in [3.05, 3.63) is 48.7 Å². The van der Waals surface area contributed by atoms with Gasteiger partial charge in [0.25, 0.3) is 0 Å². The monoisotopic (exact) mass is 375 g/mol. The van der Waals surface area contributed by atoms with Gasteiger partial charge in [-0.3, -0.25) is 4.79 Å². The summed E-state index contributed by atoms with van der Waals surface area (Å²) in [7, 11) is -3.43. The maximum atomic E-state index is 12.3. The number of benzene rings is 1. The number of sulfone groups is 1. The van der Waals surface area contributed by atoms with Crippen LogP contribution in [0.5, 0.6) is 5.88 Å². The van der Waals surface area contributed by atoms with Gasteiger partial charge in [0.1, 0.15) is 6.10 Å². The lowest BCUT2D eigenvalue weighted by Crippen LogP contribution is -2.42. The van der Waals surface area contributed by atoms with Crippen LogP contribution in [-0.2, 0) is 14.6 Å². The second-order valence-corrected chi connectivity index (χ2v) is 8.25. The van der Waals surface area contributed by atoms with Gasteiger partial charge in [0.05, 0.1) is 10.6 Å². The fourth-order valence-corrected chi connectivity index (χ4v) is 4.12. The van der Waals surface area contributed by atoms with E-state index in [1.807, 2.05) is 0 Å². The molecule has 1 amide bonds. The molecule has 1 fully saturated rings. The summed E-state index contributed by atoms with van der Waals surface area (Å²) < 4.78 is 30.3. The normalized spacial score (nSPS) is 15.6. The molecule has 2 aromatic rings. The van der Waals surface area contributed by atoms with Crippen molar-refractivity contribution < 1.29 is 17.9 Å². The van der Waals surface area contributed by atoms with Crippen LogP contribution < -0.4 is 4.74 Å². The molecular weight excluding hydrogens is 354 g/mol. The molecule has 0 unspecified atom stereocenters. The van der Waals surface area contributed by atoms with Crippen LogP contribution in [-0.4, -0.2) is 54.4 Å². The van der Waals surface area contributed by atoms with Crippen LogP contribution in [0.15, 0.2) is 53.6 Å². The molecule has 1 aliphatic heterocycles. The van der Waals surface area contributed by atoms with Gasteiger partial charge in [0, 0.05) is 44.6 Å². The number of aromatic nitrogens is 2. The molecule has 7 nitrogen and oxygen atoms in total. The third-order valence-corrected chi connectivity index (χ3v) is 6.05. The second kappa shape index (κ2) is 8.27. The highest BCUT2D eigenvalue weighted by molar-refractivity contribution is 7.91. The van der Waals surface area contributed by atoms with Gasteiger partial charge in [-0.2, -0.15) is 5.10 Å². The summed E-state index contributed by atoms with van der Waals surface area (Å²) >= 11 is 0. The summed E-state index contributed by atoms with van der Waals surface area (Å²) in [6.07, 6.45) is 2.94. The van der Waals surface area contributed by atoms with E-state index in [9.17, 15) is 13.2 Å². The molecule has 138 valence electrons. The van der Waals surface area contributed by atoms with Gasteiger partial charge in [-0.1, -0.05) is 18.2 Å². The first kappa shape index (κ1) is 18.3. The third-order valence-electron chi connectivity index (χ3n) is 4.32. The first-order valence-corrected chi connectivity index (χ1v) is 10.2. The van der Waals surface area contributed by atoms with Crippen LogP contribution in [0.25, 0.3) is 0 Å². The number of nitrogens with zero attached hydrogens (tertiary/aromatic N) is 3. The Balaban J connectivity index is 1.47. The van der Waals surface area contributed by atoms with E-state index >= 15 is 0 Å². The highest BCUT2D eigenvalue weighted by Crippen LogP contribution is 2.18. The molecule has 8 heteroatoms. The molecule has 3 rings (SSSR count). The Morgan fingerprint density at radius 2 is 1.85 bits per heavy atom. The van der Waals surface area contributed by atoms with Crippen molar-refractivity contribution in [1.29, 1.82) is 0 Å². The number of amides is 1. The lowest BCUT2D eigenvalue weighted by molar-refractivity contribution is -0.132. The van der Waals surface area contributed by atoms with E-state index in [0.29, 0.717) is 31.8 Å². The van der Waals surface area contributed by atoms with Gasteiger partial charge >= 0.3 is 0 Å². The maximum absolute atomic E-state index is 12.3. The molecule has 1 aromatic carbocycles. The number of carbonyl (C=O) groups excluding carboxylic acids is 1. The zero-order chi connectivity index (χ0) is 18.4. The van der Waals surface area contributed by atoms with E-state index in [2.05, 4.69) is 10.2 Å². The third kappa shape index (κ3) is 4.78. The zero-order valence-corrected chi connectivity index (χ0v) is 15.1. The molecule has 0 bridgehead atoms. The highest BCUT2D eigenvalue weighted by atomic mass is 32.2. The maximum Gasteiger partial charge on any atom is 0.233 e. The first-order valence-electron chi connectivity index (χ1n) is 8.54. The minimum atomic E-state index is -3.43. The topological polar surface area (TPSA) is 89.5 Å². The number of likely N-dealkylation sites (tertiary alicyclic amines) is 1. The molecule has 1 saturated heterocycles. The Labute approximate surface area is 152 Å². The van der Waals surface area contributed by atoms with Gasteiger partial charge in [-0.05, 0) is 18.2 Å². The van der Waals surface area contributed by atoms with Gasteiger partial charge < -0.3 is 9.64 Å². The number of rotatable bonds is 6. The van der Waals surface area contributed by atoms with Crippen LogP contribution in [0, 0.1) is 0 Å². The van der Waals surface area contributed by atoms with Crippen LogP contribution in [0.4, 0.5) is 0 Å². The Bertz CT molecular complexity index is 820. The molecule has 1 aromatic heterocycles. The fourth-order valence-electron chi connectivity index (χ4n) is 2.87. The SMILES string of the molecule is O=C(CCS(=O)(=O)c1ccccc1)N1CCC(Oc2cccnn2)CC1. The molecule has 0 spiro atoms. The number of hydrogen-bond acceptors (Lipinski definition) is 6. The lowest BCUT2D eigenvalue weighted by atomic mass is 10.1. The predicted octanol–water partition coefficient (Wildman–Crippen LogP) is 1.71. The molecule has 1 aliphatic rings. The Hall–Kier alpha value is -2.48. The predicted molar refractivity (Wildman–Crippen MR) is 95.4 cm³/mol. The average Bonchev–Trinajstić information content (AvgIpc) is 2.68. The fraction of sp³-hybridized carbons (Fsp3) is 0.389. The van der Waals surface area contributed by atoms with Crippen molar-refractivity contribution in [2.24, 2.45) is 0 Å². The minimum absolute atomic E-state index is 0.00703. The van der Waals surface area contributed by atoms with Crippen LogP contribution >= 0.6 is 0 Å². The molecule has 0 N–H and O–H groups in total. The molecule has 0 aliphatic carbocycles. The molecular formula is C18H21N3O4S. The highest BCUT2D eigenvalue weighted by Gasteiger charge is 2.25. The zero-order valence-electron chi connectivity index (χ0n) is 14.3. The van der Waals surface area contributed by atoms with Crippen LogP contribution in [0.3, 0.4) is 0 Å². The number of carbonyl (C=O) groups is 1. The largest absolute Gasteiger partial charge is 0.473 e. The first-order chi connectivity index (χ1) is 12.5. The summed E-state index contributed by atoms with van der Waals surface area (Å²) in [6, 6.07) is 11.7. The summed E-state index contributed by atoms with van der Waals surface area (Å²) in [6.45, 7) is 1.10. The Morgan fingerprint density at radius 3 is 2.50 bits per heavy atom. The van der Waals surface area contributed by atoms with Crippen molar-refractivity contribution in [3.8, 4) is 5.88 Å². The molecule has 2 heterocycles. The van der Waals surface area contributed by atoms with E-state index in [1.165, 1.54) is 0 Å². The van der Waals surface area contributed by atoms with Crippen molar-refractivity contribution in [3.63, 3.8) is 0 Å². The lowest BCUT2D eigenvalue weighted by Gasteiger charge is -2.31. The molecule has 0 saturated carbocycles. The van der Waals surface area contributed by atoms with Crippen molar-refractivity contribution in [2.75, 3.05) is 18.8 Å².